The zero-order valence-corrected chi connectivity index (χ0v) is 18.6. The van der Waals surface area contributed by atoms with Crippen molar-refractivity contribution in [2.24, 2.45) is 5.41 Å². The van der Waals surface area contributed by atoms with Crippen molar-refractivity contribution in [1.82, 2.24) is 30.0 Å². The Morgan fingerprint density at radius 1 is 1.15 bits per heavy atom. The first-order chi connectivity index (χ1) is 16.3. The van der Waals surface area contributed by atoms with E-state index in [9.17, 15) is 23.5 Å². The maximum absolute atomic E-state index is 14.7. The quantitative estimate of drug-likeness (QED) is 0.642. The minimum atomic E-state index is -1.37. The van der Waals surface area contributed by atoms with Crippen LogP contribution in [0.4, 0.5) is 8.78 Å². The maximum Gasteiger partial charge on any atom is 0.336 e. The second-order valence-corrected chi connectivity index (χ2v) is 9.03. The first-order valence-corrected chi connectivity index (χ1v) is 11.1. The summed E-state index contributed by atoms with van der Waals surface area (Å²) >= 11 is 0. The molecule has 34 heavy (non-hydrogen) atoms. The highest BCUT2D eigenvalue weighted by Crippen LogP contribution is 2.44. The molecule has 1 atom stereocenters. The Bertz CT molecular complexity index is 1140. The molecule has 0 aliphatic carbocycles. The SMILES string of the molecule is CC1=C(N2CCC3(CCN(C[C@@H](O)c4c(F)cc(-n5cnnn5)cc4F)CC3)C2=O)COC1=O. The number of aliphatic hydroxyl groups is 1. The van der Waals surface area contributed by atoms with Crippen LogP contribution in [0.2, 0.25) is 0 Å². The molecule has 0 unspecified atom stereocenters. The summed E-state index contributed by atoms with van der Waals surface area (Å²) in [5.74, 6) is -2.16. The van der Waals surface area contributed by atoms with Gasteiger partial charge in [-0.2, -0.15) is 0 Å². The topological polar surface area (TPSA) is 114 Å². The number of esters is 1. The maximum atomic E-state index is 14.7. The molecule has 1 amide bonds. The van der Waals surface area contributed by atoms with E-state index < -0.39 is 34.7 Å². The predicted octanol–water partition coefficient (Wildman–Crippen LogP) is 1.12. The van der Waals surface area contributed by atoms with Gasteiger partial charge in [-0.05, 0) is 49.7 Å². The number of carbonyl (C=O) groups excluding carboxylic acids is 2. The molecule has 3 aliphatic rings. The third kappa shape index (κ3) is 3.76. The van der Waals surface area contributed by atoms with Gasteiger partial charge in [-0.25, -0.2) is 18.3 Å². The van der Waals surface area contributed by atoms with Crippen molar-refractivity contribution in [1.29, 1.82) is 0 Å². The number of benzene rings is 1. The molecule has 3 aliphatic heterocycles. The number of carbonyl (C=O) groups is 2. The minimum absolute atomic E-state index is 0.00405. The molecule has 2 aromatic rings. The second kappa shape index (κ2) is 8.51. The molecule has 4 heterocycles. The van der Waals surface area contributed by atoms with Crippen LogP contribution >= 0.6 is 0 Å². The van der Waals surface area contributed by atoms with E-state index in [0.29, 0.717) is 50.2 Å². The van der Waals surface area contributed by atoms with Crippen LogP contribution in [-0.4, -0.2) is 79.8 Å². The molecule has 10 nitrogen and oxygen atoms in total. The molecule has 0 radical (unpaired) electrons. The number of likely N-dealkylation sites (tertiary alicyclic amines) is 2. The number of rotatable bonds is 5. The standard InChI is InChI=1S/C22H24F2N6O4/c1-13-17(11-34-20(13)32)29-7-4-22(21(29)33)2-5-28(6-3-22)10-18(31)19-15(23)8-14(9-16(19)24)30-12-25-26-27-30/h8-9,12,18,31H,2-7,10-11H2,1H3/t18-/m1/s1. The Kier molecular flexibility index (Phi) is 5.64. The number of β-amino-alcohol motifs (C(OH)–C–C–N with tert-alkyl or cyclic N) is 1. The Balaban J connectivity index is 1.23. The van der Waals surface area contributed by atoms with Gasteiger partial charge in [-0.3, -0.25) is 4.79 Å². The molecule has 180 valence electrons. The summed E-state index contributed by atoms with van der Waals surface area (Å²) < 4.78 is 35.5. The fourth-order valence-electron chi connectivity index (χ4n) is 5.09. The Morgan fingerprint density at radius 3 is 2.41 bits per heavy atom. The number of amides is 1. The number of aromatic nitrogens is 4. The summed E-state index contributed by atoms with van der Waals surface area (Å²) in [7, 11) is 0. The highest BCUT2D eigenvalue weighted by molar-refractivity contribution is 5.94. The lowest BCUT2D eigenvalue weighted by Gasteiger charge is -2.38. The number of ether oxygens (including phenoxy) is 1. The van der Waals surface area contributed by atoms with Crippen molar-refractivity contribution in [3.05, 3.63) is 46.9 Å². The molecule has 1 aromatic carbocycles. The third-order valence-corrected chi connectivity index (χ3v) is 7.17. The first-order valence-electron chi connectivity index (χ1n) is 11.1. The van der Waals surface area contributed by atoms with E-state index in [0.717, 1.165) is 16.8 Å². The van der Waals surface area contributed by atoms with E-state index in [4.69, 9.17) is 4.74 Å². The number of cyclic esters (lactones) is 1. The van der Waals surface area contributed by atoms with Crippen LogP contribution in [0.3, 0.4) is 0 Å². The van der Waals surface area contributed by atoms with Crippen LogP contribution in [0.1, 0.15) is 37.9 Å². The van der Waals surface area contributed by atoms with Gasteiger partial charge < -0.3 is 19.6 Å². The number of piperidine rings is 1. The summed E-state index contributed by atoms with van der Waals surface area (Å²) in [6.45, 7) is 3.38. The second-order valence-electron chi connectivity index (χ2n) is 9.03. The molecule has 2 fully saturated rings. The number of hydrogen-bond acceptors (Lipinski definition) is 8. The molecule has 1 N–H and O–H groups in total. The van der Waals surface area contributed by atoms with Crippen molar-refractivity contribution >= 4 is 11.9 Å². The van der Waals surface area contributed by atoms with Crippen LogP contribution in [0.25, 0.3) is 5.69 Å². The van der Waals surface area contributed by atoms with Crippen molar-refractivity contribution in [2.45, 2.75) is 32.3 Å². The molecular weight excluding hydrogens is 450 g/mol. The van der Waals surface area contributed by atoms with E-state index in [1.165, 1.54) is 6.33 Å². The number of aliphatic hydroxyl groups excluding tert-OH is 1. The Labute approximate surface area is 193 Å². The van der Waals surface area contributed by atoms with Crippen molar-refractivity contribution in [3.8, 4) is 5.69 Å². The van der Waals surface area contributed by atoms with E-state index in [1.807, 2.05) is 4.90 Å². The van der Waals surface area contributed by atoms with E-state index >= 15 is 0 Å². The number of halogens is 2. The van der Waals surface area contributed by atoms with Gasteiger partial charge in [0.15, 0.2) is 0 Å². The van der Waals surface area contributed by atoms with Crippen LogP contribution in [-0.2, 0) is 14.3 Å². The fraction of sp³-hybridized carbons (Fsp3) is 0.500. The first kappa shape index (κ1) is 22.5. The van der Waals surface area contributed by atoms with E-state index in [-0.39, 0.29) is 24.7 Å². The summed E-state index contributed by atoms with van der Waals surface area (Å²) in [4.78, 5) is 28.5. The molecule has 0 saturated carbocycles. The minimum Gasteiger partial charge on any atom is -0.456 e. The summed E-state index contributed by atoms with van der Waals surface area (Å²) in [5.41, 5.74) is 0.292. The predicted molar refractivity (Wildman–Crippen MR) is 112 cm³/mol. The van der Waals surface area contributed by atoms with Crippen LogP contribution in [0.15, 0.2) is 29.7 Å². The molecule has 12 heteroatoms. The summed E-state index contributed by atoms with van der Waals surface area (Å²) in [5, 5.41) is 21.1. The highest BCUT2D eigenvalue weighted by atomic mass is 19.1. The summed E-state index contributed by atoms with van der Waals surface area (Å²) in [6.07, 6.45) is 1.66. The largest absolute Gasteiger partial charge is 0.456 e. The molecule has 2 saturated heterocycles. The Morgan fingerprint density at radius 2 is 1.82 bits per heavy atom. The van der Waals surface area contributed by atoms with Gasteiger partial charge in [0.2, 0.25) is 5.91 Å². The van der Waals surface area contributed by atoms with E-state index in [1.54, 1.807) is 11.8 Å². The van der Waals surface area contributed by atoms with Gasteiger partial charge in [0.05, 0.1) is 34.0 Å². The van der Waals surface area contributed by atoms with Gasteiger partial charge in [0.25, 0.3) is 0 Å². The van der Waals surface area contributed by atoms with Gasteiger partial charge >= 0.3 is 5.97 Å². The van der Waals surface area contributed by atoms with Crippen molar-refractivity contribution < 1.29 is 28.2 Å². The highest BCUT2D eigenvalue weighted by Gasteiger charge is 2.50. The lowest BCUT2D eigenvalue weighted by Crippen LogP contribution is -2.45. The number of nitrogens with zero attached hydrogens (tertiary/aromatic N) is 6. The van der Waals surface area contributed by atoms with Gasteiger partial charge in [0, 0.05) is 25.2 Å². The average molecular weight is 474 g/mol. The lowest BCUT2D eigenvalue weighted by atomic mass is 9.77. The Hall–Kier alpha value is -3.25. The zero-order chi connectivity index (χ0) is 24.0. The molecule has 1 spiro atoms. The number of hydrogen-bond donors (Lipinski definition) is 1. The van der Waals surface area contributed by atoms with Gasteiger partial charge in [-0.15, -0.1) is 5.10 Å². The van der Waals surface area contributed by atoms with Crippen LogP contribution in [0.5, 0.6) is 0 Å². The summed E-state index contributed by atoms with van der Waals surface area (Å²) in [6, 6.07) is 2.15. The number of tetrazole rings is 1. The molecule has 5 rings (SSSR count). The molecule has 1 aromatic heterocycles. The van der Waals surface area contributed by atoms with Gasteiger partial charge in [0.1, 0.15) is 24.6 Å². The average Bonchev–Trinajstić information content (AvgIpc) is 3.52. The normalized spacial score (nSPS) is 21.6. The van der Waals surface area contributed by atoms with E-state index in [2.05, 4.69) is 15.5 Å². The fourth-order valence-corrected chi connectivity index (χ4v) is 5.09. The van der Waals surface area contributed by atoms with Crippen molar-refractivity contribution in [2.75, 3.05) is 32.8 Å². The monoisotopic (exact) mass is 474 g/mol. The van der Waals surface area contributed by atoms with Crippen LogP contribution < -0.4 is 0 Å². The molecule has 0 bridgehead atoms. The van der Waals surface area contributed by atoms with Gasteiger partial charge in [-0.1, -0.05) is 0 Å². The van der Waals surface area contributed by atoms with Crippen LogP contribution in [0, 0.1) is 17.0 Å². The third-order valence-electron chi connectivity index (χ3n) is 7.17. The van der Waals surface area contributed by atoms with Crippen molar-refractivity contribution in [3.63, 3.8) is 0 Å². The molecular formula is C22H24F2N6O4. The zero-order valence-electron chi connectivity index (χ0n) is 18.6. The lowest BCUT2D eigenvalue weighted by molar-refractivity contribution is -0.138. The smallest absolute Gasteiger partial charge is 0.336 e.